The topological polar surface area (TPSA) is 75.6 Å². The lowest BCUT2D eigenvalue weighted by molar-refractivity contribution is -0.201. The summed E-state index contributed by atoms with van der Waals surface area (Å²) >= 11 is 0. The van der Waals surface area contributed by atoms with E-state index in [-0.39, 0.29) is 0 Å². The molecule has 5 heteroatoms. The molecule has 13 heavy (non-hydrogen) atoms. The minimum Gasteiger partial charge on any atom is -0.420 e. The van der Waals surface area contributed by atoms with Gasteiger partial charge in [0.15, 0.2) is 0 Å². The van der Waals surface area contributed by atoms with Crippen molar-refractivity contribution in [3.05, 3.63) is 12.7 Å². The molecule has 1 amide bonds. The number of rotatable bonds is 4. The number of amides is 1. The SMILES string of the molecule is C=CC(=O)OC(C)(O)C(=O)NCC. The van der Waals surface area contributed by atoms with Crippen molar-refractivity contribution in [3.8, 4) is 0 Å². The van der Waals surface area contributed by atoms with E-state index >= 15 is 0 Å². The molecule has 0 bridgehead atoms. The summed E-state index contributed by atoms with van der Waals surface area (Å²) in [5.41, 5.74) is 0. The smallest absolute Gasteiger partial charge is 0.333 e. The van der Waals surface area contributed by atoms with Gasteiger partial charge in [0.2, 0.25) is 0 Å². The van der Waals surface area contributed by atoms with Crippen molar-refractivity contribution in [2.45, 2.75) is 19.6 Å². The lowest BCUT2D eigenvalue weighted by Gasteiger charge is -2.20. The Morgan fingerprint density at radius 2 is 2.23 bits per heavy atom. The van der Waals surface area contributed by atoms with Crippen LogP contribution in [0.15, 0.2) is 12.7 Å². The van der Waals surface area contributed by atoms with Crippen LogP contribution in [0.4, 0.5) is 0 Å². The highest BCUT2D eigenvalue weighted by atomic mass is 16.7. The van der Waals surface area contributed by atoms with E-state index < -0.39 is 17.7 Å². The van der Waals surface area contributed by atoms with Gasteiger partial charge >= 0.3 is 5.97 Å². The molecular weight excluding hydrogens is 174 g/mol. The van der Waals surface area contributed by atoms with Gasteiger partial charge in [-0.25, -0.2) is 4.79 Å². The Bertz CT molecular complexity index is 222. The van der Waals surface area contributed by atoms with Gasteiger partial charge in [0, 0.05) is 19.5 Å². The summed E-state index contributed by atoms with van der Waals surface area (Å²) in [6.45, 7) is 6.25. The molecule has 0 heterocycles. The van der Waals surface area contributed by atoms with Gasteiger partial charge in [-0.2, -0.15) is 0 Å². The maximum atomic E-state index is 11.0. The highest BCUT2D eigenvalue weighted by Crippen LogP contribution is 2.05. The van der Waals surface area contributed by atoms with Crippen molar-refractivity contribution in [2.24, 2.45) is 0 Å². The standard InChI is InChI=1S/C8H13NO4/c1-4-6(10)13-8(3,12)7(11)9-5-2/h4,12H,1,5H2,2-3H3,(H,9,11). The number of carbonyl (C=O) groups excluding carboxylic acids is 2. The number of aliphatic hydroxyl groups is 1. The van der Waals surface area contributed by atoms with Crippen LogP contribution in [0.3, 0.4) is 0 Å². The van der Waals surface area contributed by atoms with E-state index in [0.29, 0.717) is 6.54 Å². The summed E-state index contributed by atoms with van der Waals surface area (Å²) in [5, 5.41) is 11.6. The fraction of sp³-hybridized carbons (Fsp3) is 0.500. The molecule has 0 radical (unpaired) electrons. The zero-order chi connectivity index (χ0) is 10.5. The van der Waals surface area contributed by atoms with Crippen molar-refractivity contribution >= 4 is 11.9 Å². The maximum Gasteiger partial charge on any atom is 0.333 e. The largest absolute Gasteiger partial charge is 0.420 e. The van der Waals surface area contributed by atoms with Crippen LogP contribution in [0.5, 0.6) is 0 Å². The molecule has 0 aromatic rings. The van der Waals surface area contributed by atoms with Crippen molar-refractivity contribution in [2.75, 3.05) is 6.54 Å². The fourth-order valence-electron chi connectivity index (χ4n) is 0.608. The lowest BCUT2D eigenvalue weighted by atomic mass is 10.3. The van der Waals surface area contributed by atoms with Gasteiger partial charge in [0.1, 0.15) is 0 Å². The van der Waals surface area contributed by atoms with E-state index in [1.807, 2.05) is 0 Å². The Morgan fingerprint density at radius 1 is 1.69 bits per heavy atom. The molecule has 0 spiro atoms. The number of ether oxygens (including phenoxy) is 1. The van der Waals surface area contributed by atoms with Crippen LogP contribution in [0.1, 0.15) is 13.8 Å². The molecule has 5 nitrogen and oxygen atoms in total. The number of nitrogens with one attached hydrogen (secondary N) is 1. The predicted molar refractivity (Wildman–Crippen MR) is 45.6 cm³/mol. The quantitative estimate of drug-likeness (QED) is 0.355. The van der Waals surface area contributed by atoms with Gasteiger partial charge in [-0.3, -0.25) is 4.79 Å². The second-order valence-corrected chi connectivity index (χ2v) is 2.47. The Balaban J connectivity index is 4.29. The third kappa shape index (κ3) is 3.71. The van der Waals surface area contributed by atoms with Crippen LogP contribution < -0.4 is 5.32 Å². The van der Waals surface area contributed by atoms with Crippen molar-refractivity contribution < 1.29 is 19.4 Å². The first-order valence-corrected chi connectivity index (χ1v) is 3.80. The van der Waals surface area contributed by atoms with Crippen LogP contribution >= 0.6 is 0 Å². The Kier molecular flexibility index (Phi) is 4.13. The van der Waals surface area contributed by atoms with E-state index in [4.69, 9.17) is 0 Å². The molecule has 0 aromatic heterocycles. The normalized spacial score (nSPS) is 14.1. The summed E-state index contributed by atoms with van der Waals surface area (Å²) < 4.78 is 4.39. The Hall–Kier alpha value is -1.36. The van der Waals surface area contributed by atoms with Gasteiger partial charge in [-0.05, 0) is 6.92 Å². The van der Waals surface area contributed by atoms with Crippen LogP contribution in [0, 0.1) is 0 Å². The molecule has 0 fully saturated rings. The van der Waals surface area contributed by atoms with Gasteiger partial charge < -0.3 is 15.2 Å². The zero-order valence-corrected chi connectivity index (χ0v) is 7.66. The molecule has 0 rings (SSSR count). The Morgan fingerprint density at radius 3 is 2.62 bits per heavy atom. The second kappa shape index (κ2) is 4.61. The van der Waals surface area contributed by atoms with E-state index in [1.165, 1.54) is 0 Å². The maximum absolute atomic E-state index is 11.0. The van der Waals surface area contributed by atoms with Crippen LogP contribution in [-0.2, 0) is 14.3 Å². The van der Waals surface area contributed by atoms with Gasteiger partial charge in [-0.15, -0.1) is 0 Å². The Labute approximate surface area is 76.4 Å². The van der Waals surface area contributed by atoms with Crippen molar-refractivity contribution in [3.63, 3.8) is 0 Å². The monoisotopic (exact) mass is 187 g/mol. The van der Waals surface area contributed by atoms with E-state index in [9.17, 15) is 14.7 Å². The summed E-state index contributed by atoms with van der Waals surface area (Å²) in [6.07, 6.45) is 0.869. The van der Waals surface area contributed by atoms with Gasteiger partial charge in [0.05, 0.1) is 0 Å². The second-order valence-electron chi connectivity index (χ2n) is 2.47. The predicted octanol–water partition coefficient (Wildman–Crippen LogP) is -0.440. The summed E-state index contributed by atoms with van der Waals surface area (Å²) in [7, 11) is 0. The van der Waals surface area contributed by atoms with Crippen LogP contribution in [-0.4, -0.2) is 29.3 Å². The molecule has 0 aliphatic heterocycles. The van der Waals surface area contributed by atoms with Crippen molar-refractivity contribution in [1.82, 2.24) is 5.32 Å². The van der Waals surface area contributed by atoms with E-state index in [0.717, 1.165) is 13.0 Å². The summed E-state index contributed by atoms with van der Waals surface area (Å²) in [5.74, 6) is -3.75. The number of hydrogen-bond donors (Lipinski definition) is 2. The molecule has 0 aromatic carbocycles. The van der Waals surface area contributed by atoms with Crippen LogP contribution in [0.25, 0.3) is 0 Å². The first kappa shape index (κ1) is 11.6. The highest BCUT2D eigenvalue weighted by Gasteiger charge is 2.33. The molecule has 2 N–H and O–H groups in total. The lowest BCUT2D eigenvalue weighted by Crippen LogP contribution is -2.47. The molecule has 0 aliphatic carbocycles. The molecular formula is C8H13NO4. The third-order valence-electron chi connectivity index (χ3n) is 1.22. The number of esters is 1. The fourth-order valence-corrected chi connectivity index (χ4v) is 0.608. The summed E-state index contributed by atoms with van der Waals surface area (Å²) in [6, 6.07) is 0. The van der Waals surface area contributed by atoms with Gasteiger partial charge in [0.25, 0.3) is 11.7 Å². The third-order valence-corrected chi connectivity index (χ3v) is 1.22. The number of hydrogen-bond acceptors (Lipinski definition) is 4. The number of likely N-dealkylation sites (N-methyl/N-ethyl adjacent to an activating group) is 1. The zero-order valence-electron chi connectivity index (χ0n) is 7.66. The molecule has 0 saturated heterocycles. The number of carbonyl (C=O) groups is 2. The molecule has 0 aliphatic rings. The van der Waals surface area contributed by atoms with E-state index in [2.05, 4.69) is 16.6 Å². The molecule has 74 valence electrons. The van der Waals surface area contributed by atoms with Crippen molar-refractivity contribution in [1.29, 1.82) is 0 Å². The molecule has 1 atom stereocenters. The highest BCUT2D eigenvalue weighted by molar-refractivity contribution is 5.88. The molecule has 0 saturated carbocycles. The minimum absolute atomic E-state index is 0.348. The average Bonchev–Trinajstić information content (AvgIpc) is 2.04. The first-order chi connectivity index (χ1) is 5.94. The van der Waals surface area contributed by atoms with Gasteiger partial charge in [-0.1, -0.05) is 6.58 Å². The van der Waals surface area contributed by atoms with Crippen LogP contribution in [0.2, 0.25) is 0 Å². The molecule has 1 unspecified atom stereocenters. The minimum atomic E-state index is -2.14. The average molecular weight is 187 g/mol. The summed E-state index contributed by atoms with van der Waals surface area (Å²) in [4.78, 5) is 21.7. The van der Waals surface area contributed by atoms with E-state index in [1.54, 1.807) is 6.92 Å². The first-order valence-electron chi connectivity index (χ1n) is 3.80.